The van der Waals surface area contributed by atoms with Crippen molar-refractivity contribution in [3.8, 4) is 0 Å². The third-order valence-electron chi connectivity index (χ3n) is 3.66. The third kappa shape index (κ3) is 4.18. The molecular weight excluding hydrogens is 242 g/mol. The SMILES string of the molecule is CCOCCCc1nc(N2CCC(CN)CC2)n[nH]1. The lowest BCUT2D eigenvalue weighted by Crippen LogP contribution is -2.36. The van der Waals surface area contributed by atoms with E-state index in [2.05, 4.69) is 20.1 Å². The van der Waals surface area contributed by atoms with Crippen molar-refractivity contribution in [2.24, 2.45) is 11.7 Å². The molecule has 0 atom stereocenters. The van der Waals surface area contributed by atoms with Crippen LogP contribution < -0.4 is 10.6 Å². The van der Waals surface area contributed by atoms with E-state index in [1.165, 1.54) is 0 Å². The van der Waals surface area contributed by atoms with Crippen molar-refractivity contribution in [2.75, 3.05) is 37.7 Å². The Hall–Kier alpha value is -1.14. The fraction of sp³-hybridized carbons (Fsp3) is 0.846. The van der Waals surface area contributed by atoms with E-state index >= 15 is 0 Å². The maximum absolute atomic E-state index is 5.70. The van der Waals surface area contributed by atoms with E-state index < -0.39 is 0 Å². The molecule has 0 saturated carbocycles. The number of ether oxygens (including phenoxy) is 1. The minimum atomic E-state index is 0.667. The Kier molecular flexibility index (Phi) is 5.60. The van der Waals surface area contributed by atoms with Gasteiger partial charge in [-0.15, -0.1) is 5.10 Å². The summed E-state index contributed by atoms with van der Waals surface area (Å²) in [6, 6.07) is 0. The molecule has 0 radical (unpaired) electrons. The first kappa shape index (κ1) is 14.3. The Morgan fingerprint density at radius 3 is 2.89 bits per heavy atom. The zero-order chi connectivity index (χ0) is 13.5. The van der Waals surface area contributed by atoms with E-state index in [0.29, 0.717) is 5.92 Å². The quantitative estimate of drug-likeness (QED) is 0.719. The molecule has 0 aliphatic carbocycles. The van der Waals surface area contributed by atoms with Crippen LogP contribution in [0.15, 0.2) is 0 Å². The van der Waals surface area contributed by atoms with Crippen LogP contribution >= 0.6 is 0 Å². The molecule has 19 heavy (non-hydrogen) atoms. The molecule has 0 unspecified atom stereocenters. The lowest BCUT2D eigenvalue weighted by Gasteiger charge is -2.30. The van der Waals surface area contributed by atoms with Crippen molar-refractivity contribution in [2.45, 2.75) is 32.6 Å². The first-order chi connectivity index (χ1) is 9.33. The van der Waals surface area contributed by atoms with Gasteiger partial charge >= 0.3 is 0 Å². The van der Waals surface area contributed by atoms with Gasteiger partial charge in [0.2, 0.25) is 5.95 Å². The van der Waals surface area contributed by atoms with Crippen LogP contribution in [0.2, 0.25) is 0 Å². The second-order valence-electron chi connectivity index (χ2n) is 5.05. The normalized spacial score (nSPS) is 17.1. The molecule has 108 valence electrons. The van der Waals surface area contributed by atoms with Gasteiger partial charge in [0.25, 0.3) is 0 Å². The molecule has 1 aromatic heterocycles. The summed E-state index contributed by atoms with van der Waals surface area (Å²) >= 11 is 0. The lowest BCUT2D eigenvalue weighted by molar-refractivity contribution is 0.145. The van der Waals surface area contributed by atoms with Crippen LogP contribution in [0.3, 0.4) is 0 Å². The summed E-state index contributed by atoms with van der Waals surface area (Å²) in [7, 11) is 0. The van der Waals surface area contributed by atoms with Crippen molar-refractivity contribution < 1.29 is 4.74 Å². The van der Waals surface area contributed by atoms with E-state index in [0.717, 1.165) is 70.3 Å². The summed E-state index contributed by atoms with van der Waals surface area (Å²) < 4.78 is 5.32. The van der Waals surface area contributed by atoms with Gasteiger partial charge in [-0.05, 0) is 38.6 Å². The Bertz CT molecular complexity index is 360. The monoisotopic (exact) mass is 267 g/mol. The Morgan fingerprint density at radius 2 is 2.21 bits per heavy atom. The molecule has 1 aromatic rings. The van der Waals surface area contributed by atoms with E-state index in [4.69, 9.17) is 10.5 Å². The molecule has 2 heterocycles. The number of piperidine rings is 1. The summed E-state index contributed by atoms with van der Waals surface area (Å²) in [6.07, 6.45) is 4.17. The number of H-pyrrole nitrogens is 1. The zero-order valence-corrected chi connectivity index (χ0v) is 11.8. The number of anilines is 1. The molecular formula is C13H25N5O. The summed E-state index contributed by atoms with van der Waals surface area (Å²) in [5, 5.41) is 7.33. The van der Waals surface area contributed by atoms with E-state index in [9.17, 15) is 0 Å². The molecule has 1 aliphatic heterocycles. The number of aromatic nitrogens is 3. The van der Waals surface area contributed by atoms with Crippen LogP contribution in [-0.4, -0.2) is 48.0 Å². The van der Waals surface area contributed by atoms with E-state index in [1.807, 2.05) is 6.92 Å². The first-order valence-electron chi connectivity index (χ1n) is 7.27. The number of rotatable bonds is 7. The zero-order valence-electron chi connectivity index (χ0n) is 11.8. The van der Waals surface area contributed by atoms with Gasteiger partial charge in [0.1, 0.15) is 5.82 Å². The molecule has 6 heteroatoms. The highest BCUT2D eigenvalue weighted by atomic mass is 16.5. The number of aromatic amines is 1. The maximum atomic E-state index is 5.70. The molecule has 0 aromatic carbocycles. The van der Waals surface area contributed by atoms with E-state index in [1.54, 1.807) is 0 Å². The fourth-order valence-electron chi connectivity index (χ4n) is 2.39. The predicted molar refractivity (Wildman–Crippen MR) is 75.2 cm³/mol. The van der Waals surface area contributed by atoms with Crippen LogP contribution in [0.25, 0.3) is 0 Å². The summed E-state index contributed by atoms with van der Waals surface area (Å²) in [5.41, 5.74) is 5.70. The van der Waals surface area contributed by atoms with Crippen LogP contribution in [0.4, 0.5) is 5.95 Å². The van der Waals surface area contributed by atoms with Crippen LogP contribution in [0, 0.1) is 5.92 Å². The standard InChI is InChI=1S/C13H25N5O/c1-2-19-9-3-4-12-15-13(17-16-12)18-7-5-11(10-14)6-8-18/h11H,2-10,14H2,1H3,(H,15,16,17). The number of hydrogen-bond acceptors (Lipinski definition) is 5. The molecule has 6 nitrogen and oxygen atoms in total. The molecule has 1 aliphatic rings. The molecule has 1 saturated heterocycles. The van der Waals surface area contributed by atoms with Crippen LogP contribution in [0.1, 0.15) is 32.0 Å². The minimum Gasteiger partial charge on any atom is -0.382 e. The minimum absolute atomic E-state index is 0.667. The number of nitrogens with one attached hydrogen (secondary N) is 1. The Labute approximate surface area is 114 Å². The van der Waals surface area contributed by atoms with Gasteiger partial charge in [-0.25, -0.2) is 0 Å². The first-order valence-corrected chi connectivity index (χ1v) is 7.27. The van der Waals surface area contributed by atoms with Crippen molar-refractivity contribution in [3.63, 3.8) is 0 Å². The highest BCUT2D eigenvalue weighted by molar-refractivity contribution is 5.29. The molecule has 3 N–H and O–H groups in total. The highest BCUT2D eigenvalue weighted by Gasteiger charge is 2.20. The molecule has 2 rings (SSSR count). The Morgan fingerprint density at radius 1 is 1.42 bits per heavy atom. The second kappa shape index (κ2) is 7.45. The topological polar surface area (TPSA) is 80.1 Å². The molecule has 0 spiro atoms. The molecule has 0 amide bonds. The summed E-state index contributed by atoms with van der Waals surface area (Å²) in [4.78, 5) is 6.80. The smallest absolute Gasteiger partial charge is 0.244 e. The van der Waals surface area contributed by atoms with Gasteiger partial charge < -0.3 is 15.4 Å². The predicted octanol–water partition coefficient (Wildman–Crippen LogP) is 0.949. The van der Waals surface area contributed by atoms with Gasteiger partial charge in [-0.2, -0.15) is 4.98 Å². The number of nitrogens with two attached hydrogens (primary N) is 1. The van der Waals surface area contributed by atoms with Crippen molar-refractivity contribution >= 4 is 5.95 Å². The fourth-order valence-corrected chi connectivity index (χ4v) is 2.39. The van der Waals surface area contributed by atoms with E-state index in [-0.39, 0.29) is 0 Å². The lowest BCUT2D eigenvalue weighted by atomic mass is 9.97. The van der Waals surface area contributed by atoms with Crippen molar-refractivity contribution in [1.29, 1.82) is 0 Å². The number of nitrogens with zero attached hydrogens (tertiary/aromatic N) is 3. The largest absolute Gasteiger partial charge is 0.382 e. The van der Waals surface area contributed by atoms with Gasteiger partial charge in [-0.1, -0.05) is 0 Å². The number of aryl methyl sites for hydroxylation is 1. The average Bonchev–Trinajstić information content (AvgIpc) is 2.92. The van der Waals surface area contributed by atoms with Gasteiger partial charge in [0.05, 0.1) is 0 Å². The Balaban J connectivity index is 1.77. The highest BCUT2D eigenvalue weighted by Crippen LogP contribution is 2.19. The van der Waals surface area contributed by atoms with Crippen molar-refractivity contribution in [1.82, 2.24) is 15.2 Å². The third-order valence-corrected chi connectivity index (χ3v) is 3.66. The molecule has 0 bridgehead atoms. The van der Waals surface area contributed by atoms with Crippen LogP contribution in [0.5, 0.6) is 0 Å². The van der Waals surface area contributed by atoms with Gasteiger partial charge in [0, 0.05) is 32.7 Å². The molecule has 1 fully saturated rings. The second-order valence-corrected chi connectivity index (χ2v) is 5.05. The number of hydrogen-bond donors (Lipinski definition) is 2. The maximum Gasteiger partial charge on any atom is 0.244 e. The van der Waals surface area contributed by atoms with Gasteiger partial charge in [-0.3, -0.25) is 5.10 Å². The average molecular weight is 267 g/mol. The summed E-state index contributed by atoms with van der Waals surface area (Å²) in [6.45, 7) is 6.39. The van der Waals surface area contributed by atoms with Crippen LogP contribution in [-0.2, 0) is 11.2 Å². The van der Waals surface area contributed by atoms with Crippen molar-refractivity contribution in [3.05, 3.63) is 5.82 Å². The summed E-state index contributed by atoms with van der Waals surface area (Å²) in [5.74, 6) is 2.46. The van der Waals surface area contributed by atoms with Gasteiger partial charge in [0.15, 0.2) is 0 Å².